The summed E-state index contributed by atoms with van der Waals surface area (Å²) >= 11 is 0. The van der Waals surface area contributed by atoms with Crippen molar-refractivity contribution in [1.29, 1.82) is 0 Å². The molecule has 0 saturated heterocycles. The maximum atomic E-state index is 10.6. The van der Waals surface area contributed by atoms with Crippen LogP contribution < -0.4 is 4.90 Å². The highest BCUT2D eigenvalue weighted by atomic mass is 16.3. The van der Waals surface area contributed by atoms with Crippen LogP contribution in [0, 0.1) is 20.8 Å². The Morgan fingerprint density at radius 2 is 1.79 bits per heavy atom. The Labute approximate surface area is 143 Å². The van der Waals surface area contributed by atoms with Gasteiger partial charge in [-0.1, -0.05) is 42.0 Å². The van der Waals surface area contributed by atoms with Crippen molar-refractivity contribution in [3.63, 3.8) is 0 Å². The zero-order valence-electron chi connectivity index (χ0n) is 14.7. The minimum atomic E-state index is -0.321. The van der Waals surface area contributed by atoms with E-state index in [2.05, 4.69) is 73.0 Å². The molecule has 3 nitrogen and oxygen atoms in total. The molecule has 4 rings (SSSR count). The molecule has 1 heterocycles. The minimum absolute atomic E-state index is 0.0808. The standard InChI is InChI=1S/C21H25N2O/c1-14-10-15(2)20(16(3)11-14)22-8-9-23(13-22)21-18-7-5-4-6-17(18)12-19(21)24/h4-7,10-11,13,19,21,24H,8-9,12H2,1-3H3/q+1. The molecule has 0 bridgehead atoms. The highest BCUT2D eigenvalue weighted by Crippen LogP contribution is 2.35. The van der Waals surface area contributed by atoms with Crippen molar-refractivity contribution in [3.8, 4) is 0 Å². The summed E-state index contributed by atoms with van der Waals surface area (Å²) in [6.45, 7) is 8.44. The van der Waals surface area contributed by atoms with Gasteiger partial charge < -0.3 is 5.11 Å². The quantitative estimate of drug-likeness (QED) is 0.860. The zero-order valence-corrected chi connectivity index (χ0v) is 14.7. The summed E-state index contributed by atoms with van der Waals surface area (Å²) in [5.41, 5.74) is 7.81. The molecule has 1 aliphatic carbocycles. The second-order valence-electron chi connectivity index (χ2n) is 7.21. The van der Waals surface area contributed by atoms with E-state index < -0.39 is 0 Å². The smallest absolute Gasteiger partial charge is 0.240 e. The molecule has 1 N–H and O–H groups in total. The van der Waals surface area contributed by atoms with E-state index in [-0.39, 0.29) is 12.1 Å². The van der Waals surface area contributed by atoms with E-state index >= 15 is 0 Å². The summed E-state index contributed by atoms with van der Waals surface area (Å²) in [5, 5.41) is 10.6. The Morgan fingerprint density at radius 3 is 2.54 bits per heavy atom. The van der Waals surface area contributed by atoms with E-state index in [0.29, 0.717) is 0 Å². The summed E-state index contributed by atoms with van der Waals surface area (Å²) < 4.78 is 2.31. The number of nitrogens with zero attached hydrogens (tertiary/aromatic N) is 2. The monoisotopic (exact) mass is 321 g/mol. The van der Waals surface area contributed by atoms with Crippen LogP contribution in [0.25, 0.3) is 0 Å². The lowest BCUT2D eigenvalue weighted by Gasteiger charge is -2.15. The first-order valence-electron chi connectivity index (χ1n) is 8.75. The third-order valence-corrected chi connectivity index (χ3v) is 5.33. The fourth-order valence-corrected chi connectivity index (χ4v) is 4.48. The topological polar surface area (TPSA) is 26.5 Å². The summed E-state index contributed by atoms with van der Waals surface area (Å²) in [7, 11) is 0. The third-order valence-electron chi connectivity index (χ3n) is 5.33. The number of benzene rings is 2. The Kier molecular flexibility index (Phi) is 3.69. The lowest BCUT2D eigenvalue weighted by atomic mass is 10.0. The summed E-state index contributed by atoms with van der Waals surface area (Å²) in [5.74, 6) is 0. The van der Waals surface area contributed by atoms with Crippen molar-refractivity contribution >= 4 is 12.0 Å². The van der Waals surface area contributed by atoms with Crippen molar-refractivity contribution in [3.05, 3.63) is 64.2 Å². The van der Waals surface area contributed by atoms with Gasteiger partial charge in [0.25, 0.3) is 0 Å². The zero-order chi connectivity index (χ0) is 16.8. The van der Waals surface area contributed by atoms with Crippen molar-refractivity contribution in [2.24, 2.45) is 0 Å². The van der Waals surface area contributed by atoms with E-state index in [1.165, 1.54) is 33.5 Å². The second kappa shape index (κ2) is 5.75. The highest BCUT2D eigenvalue weighted by Gasteiger charge is 2.39. The number of aryl methyl sites for hydroxylation is 3. The first-order chi connectivity index (χ1) is 11.5. The molecule has 0 fully saturated rings. The SMILES string of the molecule is Cc1cc(C)c(N2C=[N+](C3c4ccccc4CC3O)CC2)c(C)c1. The Balaban J connectivity index is 1.69. The maximum Gasteiger partial charge on any atom is 0.240 e. The lowest BCUT2D eigenvalue weighted by Crippen LogP contribution is -2.26. The highest BCUT2D eigenvalue weighted by molar-refractivity contribution is 5.81. The van der Waals surface area contributed by atoms with Crippen LogP contribution in [0.5, 0.6) is 0 Å². The predicted molar refractivity (Wildman–Crippen MR) is 98.1 cm³/mol. The average Bonchev–Trinajstić information content (AvgIpc) is 3.09. The van der Waals surface area contributed by atoms with Crippen LogP contribution in [0.2, 0.25) is 0 Å². The molecule has 1 aliphatic heterocycles. The molecule has 0 aromatic heterocycles. The van der Waals surface area contributed by atoms with Gasteiger partial charge in [0, 0.05) is 12.0 Å². The van der Waals surface area contributed by atoms with E-state index in [4.69, 9.17) is 0 Å². The van der Waals surface area contributed by atoms with E-state index in [1.807, 2.05) is 0 Å². The number of hydrogen-bond donors (Lipinski definition) is 1. The number of hydrogen-bond acceptors (Lipinski definition) is 2. The van der Waals surface area contributed by atoms with Gasteiger partial charge >= 0.3 is 0 Å². The summed E-state index contributed by atoms with van der Waals surface area (Å²) in [4.78, 5) is 2.34. The molecule has 2 aliphatic rings. The first-order valence-corrected chi connectivity index (χ1v) is 8.75. The summed E-state index contributed by atoms with van der Waals surface area (Å²) in [6, 6.07) is 13.0. The molecule has 2 aromatic carbocycles. The number of rotatable bonds is 2. The Hall–Kier alpha value is -2.13. The molecule has 0 radical (unpaired) electrons. The molecular formula is C21H25N2O+. The van der Waals surface area contributed by atoms with Crippen LogP contribution in [-0.4, -0.2) is 35.2 Å². The summed E-state index contributed by atoms with van der Waals surface area (Å²) in [6.07, 6.45) is 2.65. The minimum Gasteiger partial charge on any atom is -0.388 e. The Morgan fingerprint density at radius 1 is 1.08 bits per heavy atom. The van der Waals surface area contributed by atoms with Gasteiger partial charge in [-0.2, -0.15) is 0 Å². The van der Waals surface area contributed by atoms with E-state index in [1.54, 1.807) is 0 Å². The fourth-order valence-electron chi connectivity index (χ4n) is 4.48. The normalized spacial score (nSPS) is 22.7. The van der Waals surface area contributed by atoms with Gasteiger partial charge in [0.1, 0.15) is 30.9 Å². The molecule has 2 atom stereocenters. The van der Waals surface area contributed by atoms with Gasteiger partial charge in [-0.25, -0.2) is 4.90 Å². The van der Waals surface area contributed by atoms with Gasteiger partial charge in [-0.3, -0.25) is 4.58 Å². The first kappa shape index (κ1) is 15.4. The predicted octanol–water partition coefficient (Wildman–Crippen LogP) is 3.13. The number of anilines is 1. The van der Waals surface area contributed by atoms with E-state index in [0.717, 1.165) is 19.5 Å². The van der Waals surface area contributed by atoms with Crippen LogP contribution in [0.3, 0.4) is 0 Å². The largest absolute Gasteiger partial charge is 0.388 e. The van der Waals surface area contributed by atoms with Gasteiger partial charge in [0.2, 0.25) is 6.34 Å². The molecular weight excluding hydrogens is 296 g/mol. The van der Waals surface area contributed by atoms with Crippen molar-refractivity contribution in [2.45, 2.75) is 39.3 Å². The molecule has 0 spiro atoms. The van der Waals surface area contributed by atoms with Gasteiger partial charge in [-0.05, 0) is 37.5 Å². The molecule has 124 valence electrons. The molecule has 2 aromatic rings. The lowest BCUT2D eigenvalue weighted by molar-refractivity contribution is -0.568. The second-order valence-corrected chi connectivity index (χ2v) is 7.21. The molecule has 3 heteroatoms. The van der Waals surface area contributed by atoms with E-state index in [9.17, 15) is 5.11 Å². The van der Waals surface area contributed by atoms with Crippen molar-refractivity contribution < 1.29 is 9.68 Å². The van der Waals surface area contributed by atoms with Crippen LogP contribution in [0.1, 0.15) is 33.9 Å². The van der Waals surface area contributed by atoms with Gasteiger partial charge in [-0.15, -0.1) is 0 Å². The number of aliphatic hydroxyl groups excluding tert-OH is 1. The van der Waals surface area contributed by atoms with Crippen LogP contribution in [-0.2, 0) is 6.42 Å². The third kappa shape index (κ3) is 2.44. The Bertz CT molecular complexity index is 801. The average molecular weight is 321 g/mol. The van der Waals surface area contributed by atoms with Crippen LogP contribution >= 0.6 is 0 Å². The van der Waals surface area contributed by atoms with Crippen molar-refractivity contribution in [2.75, 3.05) is 18.0 Å². The van der Waals surface area contributed by atoms with Gasteiger partial charge in [0.15, 0.2) is 0 Å². The van der Waals surface area contributed by atoms with Crippen LogP contribution in [0.15, 0.2) is 36.4 Å². The number of fused-ring (bicyclic) bond motifs is 1. The molecule has 24 heavy (non-hydrogen) atoms. The maximum absolute atomic E-state index is 10.6. The molecule has 0 amide bonds. The van der Waals surface area contributed by atoms with Gasteiger partial charge in [0.05, 0.1) is 0 Å². The van der Waals surface area contributed by atoms with Crippen LogP contribution in [0.4, 0.5) is 5.69 Å². The molecule has 0 saturated carbocycles. The number of aliphatic hydroxyl groups is 1. The fraction of sp³-hybridized carbons (Fsp3) is 0.381. The van der Waals surface area contributed by atoms with Crippen molar-refractivity contribution in [1.82, 2.24) is 0 Å². The molecule has 2 unspecified atom stereocenters.